The van der Waals surface area contributed by atoms with Crippen LogP contribution in [-0.4, -0.2) is 65.7 Å². The van der Waals surface area contributed by atoms with Gasteiger partial charge >= 0.3 is 19.8 Å². The summed E-state index contributed by atoms with van der Waals surface area (Å²) in [6.45, 7) is 1.99. The lowest BCUT2D eigenvalue weighted by Gasteiger charge is -2.20. The number of rotatable bonds is 33. The summed E-state index contributed by atoms with van der Waals surface area (Å²) in [6, 6.07) is 0. The molecule has 0 aromatic carbocycles. The number of unbranched alkanes of at least 4 members (excludes halogenated alkanes) is 11. The monoisotopic (exact) mass is 700 g/mol. The molecule has 0 saturated carbocycles. The number of ether oxygens (including phenoxy) is 2. The highest BCUT2D eigenvalue weighted by Gasteiger charge is 2.27. The summed E-state index contributed by atoms with van der Waals surface area (Å²) in [7, 11) is -4.64. The molecular weight excluding hydrogens is 635 g/mol. The molecule has 0 aliphatic heterocycles. The normalized spacial score (nSPS) is 14.7. The number of aliphatic hydroxyl groups excluding tert-OH is 2. The van der Waals surface area contributed by atoms with Crippen LogP contribution < -0.4 is 0 Å². The summed E-state index contributed by atoms with van der Waals surface area (Å²) in [6.07, 6.45) is 32.4. The predicted molar refractivity (Wildman–Crippen MR) is 191 cm³/mol. The Morgan fingerprint density at radius 1 is 0.583 bits per heavy atom. The lowest BCUT2D eigenvalue weighted by Crippen LogP contribution is -2.28. The molecular formula is C37H65O10P. The topological polar surface area (TPSA) is 149 Å². The zero-order valence-electron chi connectivity index (χ0n) is 29.7. The van der Waals surface area contributed by atoms with Crippen LogP contribution in [0.3, 0.4) is 0 Å². The molecule has 0 aliphatic rings. The minimum absolute atomic E-state index is 0.139. The molecule has 0 bridgehead atoms. The average Bonchev–Trinajstić information content (AvgIpc) is 3.07. The number of aliphatic hydroxyl groups is 2. The van der Waals surface area contributed by atoms with Gasteiger partial charge in [-0.3, -0.25) is 18.6 Å². The molecule has 3 unspecified atom stereocenters. The van der Waals surface area contributed by atoms with Crippen molar-refractivity contribution in [2.75, 3.05) is 26.4 Å². The first-order valence-corrected chi connectivity index (χ1v) is 19.6. The van der Waals surface area contributed by atoms with Gasteiger partial charge in [0.1, 0.15) is 12.2 Å². The second-order valence-corrected chi connectivity index (χ2v) is 13.3. The Balaban J connectivity index is 4.08. The lowest BCUT2D eigenvalue weighted by atomic mass is 10.1. The van der Waals surface area contributed by atoms with Crippen molar-refractivity contribution in [1.82, 2.24) is 0 Å². The molecule has 3 atom stereocenters. The van der Waals surface area contributed by atoms with Gasteiger partial charge in [-0.25, -0.2) is 4.57 Å². The molecule has 48 heavy (non-hydrogen) atoms. The number of hydrogen-bond donors (Lipinski definition) is 3. The van der Waals surface area contributed by atoms with Crippen molar-refractivity contribution in [3.63, 3.8) is 0 Å². The molecule has 11 heteroatoms. The van der Waals surface area contributed by atoms with Crippen molar-refractivity contribution < 1.29 is 47.8 Å². The molecule has 0 saturated heterocycles. The maximum atomic E-state index is 12.3. The standard InChI is InChI=1S/C37H65O10P/c1-3-5-7-9-11-13-15-16-17-18-19-21-23-25-27-29-37(41)47-35(31-39)33-45-48(42,43)44-32-34(30-38)46-36(40)28-26-24-22-20-14-12-10-8-6-4-2/h5,7,11,13,16-17,19,21,34-35,38-39H,3-4,6,8-10,12,14-15,18,20,22-33H2,1-2H3,(H,42,43)/b7-5-,13-11-,17-16-,21-19-. The van der Waals surface area contributed by atoms with E-state index in [4.69, 9.17) is 18.5 Å². The highest BCUT2D eigenvalue weighted by atomic mass is 31.2. The van der Waals surface area contributed by atoms with Gasteiger partial charge < -0.3 is 24.6 Å². The molecule has 0 radical (unpaired) electrons. The van der Waals surface area contributed by atoms with E-state index >= 15 is 0 Å². The third-order valence-electron chi connectivity index (χ3n) is 7.31. The highest BCUT2D eigenvalue weighted by Crippen LogP contribution is 2.43. The quantitative estimate of drug-likeness (QED) is 0.0263. The summed E-state index contributed by atoms with van der Waals surface area (Å²) >= 11 is 0. The maximum Gasteiger partial charge on any atom is 0.472 e. The molecule has 0 aliphatic carbocycles. The third kappa shape index (κ3) is 31.2. The third-order valence-corrected chi connectivity index (χ3v) is 8.26. The molecule has 0 spiro atoms. The van der Waals surface area contributed by atoms with Gasteiger partial charge in [0.25, 0.3) is 0 Å². The van der Waals surface area contributed by atoms with Crippen LogP contribution in [0.4, 0.5) is 0 Å². The molecule has 3 N–H and O–H groups in total. The lowest BCUT2D eigenvalue weighted by molar-refractivity contribution is -0.153. The summed E-state index contributed by atoms with van der Waals surface area (Å²) in [4.78, 5) is 34.2. The van der Waals surface area contributed by atoms with Crippen LogP contribution in [0.25, 0.3) is 0 Å². The van der Waals surface area contributed by atoms with Gasteiger partial charge in [0.2, 0.25) is 0 Å². The second kappa shape index (κ2) is 33.4. The Labute approximate surface area is 290 Å². The van der Waals surface area contributed by atoms with Crippen LogP contribution in [0.1, 0.15) is 136 Å². The van der Waals surface area contributed by atoms with Crippen LogP contribution >= 0.6 is 7.82 Å². The summed E-state index contributed by atoms with van der Waals surface area (Å²) in [5.74, 6) is -1.07. The van der Waals surface area contributed by atoms with Crippen molar-refractivity contribution in [3.8, 4) is 0 Å². The molecule has 278 valence electrons. The fourth-order valence-electron chi connectivity index (χ4n) is 4.52. The van der Waals surface area contributed by atoms with Crippen molar-refractivity contribution in [3.05, 3.63) is 48.6 Å². The Hall–Kier alpha value is -2.07. The highest BCUT2D eigenvalue weighted by molar-refractivity contribution is 7.47. The minimum Gasteiger partial charge on any atom is -0.457 e. The van der Waals surface area contributed by atoms with E-state index < -0.39 is 58.4 Å². The van der Waals surface area contributed by atoms with E-state index in [1.165, 1.54) is 38.5 Å². The number of phosphoric acid groups is 1. The van der Waals surface area contributed by atoms with Crippen molar-refractivity contribution in [2.24, 2.45) is 0 Å². The van der Waals surface area contributed by atoms with Gasteiger partial charge in [0, 0.05) is 12.8 Å². The first-order valence-electron chi connectivity index (χ1n) is 18.1. The van der Waals surface area contributed by atoms with Crippen molar-refractivity contribution in [2.45, 2.75) is 148 Å². The smallest absolute Gasteiger partial charge is 0.457 e. The number of hydrogen-bond acceptors (Lipinski definition) is 9. The summed E-state index contributed by atoms with van der Waals surface area (Å²) < 4.78 is 32.3. The fraction of sp³-hybridized carbons (Fsp3) is 0.730. The number of carbonyl (C=O) groups excluding carboxylic acids is 2. The molecule has 0 aromatic rings. The second-order valence-electron chi connectivity index (χ2n) is 11.8. The minimum atomic E-state index is -4.64. The average molecular weight is 701 g/mol. The van der Waals surface area contributed by atoms with Crippen molar-refractivity contribution in [1.29, 1.82) is 0 Å². The van der Waals surface area contributed by atoms with Gasteiger partial charge in [-0.2, -0.15) is 0 Å². The van der Waals surface area contributed by atoms with E-state index in [-0.39, 0.29) is 12.8 Å². The fourth-order valence-corrected chi connectivity index (χ4v) is 5.30. The number of carbonyl (C=O) groups is 2. The number of esters is 2. The van der Waals surface area contributed by atoms with Crippen LogP contribution in [0, 0.1) is 0 Å². The van der Waals surface area contributed by atoms with Gasteiger partial charge in [-0.15, -0.1) is 0 Å². The van der Waals surface area contributed by atoms with E-state index in [9.17, 15) is 29.3 Å². The maximum absolute atomic E-state index is 12.3. The van der Waals surface area contributed by atoms with Crippen LogP contribution in [0.15, 0.2) is 48.6 Å². The molecule has 0 aromatic heterocycles. The summed E-state index contributed by atoms with van der Waals surface area (Å²) in [5.41, 5.74) is 0. The van der Waals surface area contributed by atoms with E-state index in [1.807, 2.05) is 0 Å². The molecule has 0 amide bonds. The van der Waals surface area contributed by atoms with Crippen LogP contribution in [0.2, 0.25) is 0 Å². The van der Waals surface area contributed by atoms with Gasteiger partial charge in [-0.1, -0.05) is 120 Å². The summed E-state index contributed by atoms with van der Waals surface area (Å²) in [5, 5.41) is 19.0. The Kier molecular flexibility index (Phi) is 32.0. The zero-order valence-corrected chi connectivity index (χ0v) is 30.6. The van der Waals surface area contributed by atoms with E-state index in [0.717, 1.165) is 57.8 Å². The Morgan fingerprint density at radius 2 is 0.979 bits per heavy atom. The molecule has 0 rings (SSSR count). The largest absolute Gasteiger partial charge is 0.472 e. The van der Waals surface area contributed by atoms with Crippen LogP contribution in [0.5, 0.6) is 0 Å². The predicted octanol–water partition coefficient (Wildman–Crippen LogP) is 8.60. The zero-order chi connectivity index (χ0) is 35.6. The van der Waals surface area contributed by atoms with Crippen LogP contribution in [-0.2, 0) is 32.7 Å². The number of allylic oxidation sites excluding steroid dienone is 8. The SMILES string of the molecule is CC/C=C\C/C=C\C/C=C\C/C=C\CCCCC(=O)OC(CO)COP(=O)(O)OCC(CO)OC(=O)CCCCCCCCCCCC. The van der Waals surface area contributed by atoms with Gasteiger partial charge in [-0.05, 0) is 51.4 Å². The number of phosphoric ester groups is 1. The molecule has 0 fully saturated rings. The Bertz CT molecular complexity index is 946. The molecule has 0 heterocycles. The van der Waals surface area contributed by atoms with Crippen molar-refractivity contribution >= 4 is 19.8 Å². The van der Waals surface area contributed by atoms with E-state index in [0.29, 0.717) is 12.8 Å². The van der Waals surface area contributed by atoms with E-state index in [2.05, 4.69) is 62.5 Å². The molecule has 10 nitrogen and oxygen atoms in total. The first kappa shape index (κ1) is 45.9. The van der Waals surface area contributed by atoms with Gasteiger partial charge in [0.05, 0.1) is 26.4 Å². The van der Waals surface area contributed by atoms with E-state index in [1.54, 1.807) is 0 Å². The van der Waals surface area contributed by atoms with Gasteiger partial charge in [0.15, 0.2) is 0 Å². The Morgan fingerprint density at radius 3 is 1.42 bits per heavy atom. The first-order chi connectivity index (χ1) is 23.3.